The monoisotopic (exact) mass is 299 g/mol. The first-order valence-electron chi connectivity index (χ1n) is 7.53. The molecule has 3 saturated carbocycles. The first-order chi connectivity index (χ1) is 9.93. The molecule has 0 heterocycles. The topological polar surface area (TPSA) is 12.0 Å². The van der Waals surface area contributed by atoms with Gasteiger partial charge < -0.3 is 5.32 Å². The highest BCUT2D eigenvalue weighted by molar-refractivity contribution is 5.27. The lowest BCUT2D eigenvalue weighted by atomic mass is 10.0. The molecule has 2 bridgehead atoms. The predicted molar refractivity (Wildman–Crippen MR) is 69.8 cm³/mol. The zero-order valence-electron chi connectivity index (χ0n) is 11.5. The van der Waals surface area contributed by atoms with E-state index in [1.807, 2.05) is 0 Å². The third-order valence-electron chi connectivity index (χ3n) is 5.56. The van der Waals surface area contributed by atoms with Crippen LogP contribution < -0.4 is 5.32 Å². The zero-order chi connectivity index (χ0) is 14.8. The summed E-state index contributed by atoms with van der Waals surface area (Å²) in [5.41, 5.74) is -0.532. The van der Waals surface area contributed by atoms with Gasteiger partial charge in [-0.1, -0.05) is 0 Å². The SMILES string of the molecule is Fc1cc(CNC2C3C4CCC(C4)C23)cc(C(F)(F)F)c1. The van der Waals surface area contributed by atoms with Crippen LogP contribution in [0.15, 0.2) is 18.2 Å². The van der Waals surface area contributed by atoms with Gasteiger partial charge in [-0.05, 0) is 66.7 Å². The standard InChI is InChI=1S/C16H17F4N/c17-12-4-8(3-11(6-12)16(18,19)20)7-21-15-13-9-1-2-10(5-9)14(13)15/h3-4,6,9-10,13-15,21H,1-2,5,7H2. The number of fused-ring (bicyclic) bond motifs is 5. The van der Waals surface area contributed by atoms with E-state index in [-0.39, 0.29) is 0 Å². The second-order valence-corrected chi connectivity index (χ2v) is 6.74. The van der Waals surface area contributed by atoms with Crippen LogP contribution in [0.1, 0.15) is 30.4 Å². The number of hydrogen-bond donors (Lipinski definition) is 1. The number of rotatable bonds is 3. The predicted octanol–water partition coefficient (Wildman–Crippen LogP) is 3.98. The second-order valence-electron chi connectivity index (χ2n) is 6.74. The van der Waals surface area contributed by atoms with Gasteiger partial charge in [0.1, 0.15) is 5.82 Å². The summed E-state index contributed by atoms with van der Waals surface area (Å²) in [6.45, 7) is 0.317. The van der Waals surface area contributed by atoms with Gasteiger partial charge in [-0.3, -0.25) is 0 Å². The number of nitrogens with one attached hydrogen (secondary N) is 1. The van der Waals surface area contributed by atoms with Crippen molar-refractivity contribution in [3.05, 3.63) is 35.1 Å². The average Bonchev–Trinajstić information content (AvgIpc) is 2.78. The maximum atomic E-state index is 13.3. The van der Waals surface area contributed by atoms with Gasteiger partial charge in [0, 0.05) is 12.6 Å². The number of halogens is 4. The van der Waals surface area contributed by atoms with Crippen molar-refractivity contribution in [3.63, 3.8) is 0 Å². The average molecular weight is 299 g/mol. The highest BCUT2D eigenvalue weighted by Crippen LogP contribution is 2.65. The molecule has 3 aliphatic carbocycles. The van der Waals surface area contributed by atoms with Crippen LogP contribution in [0.5, 0.6) is 0 Å². The van der Waals surface area contributed by atoms with Gasteiger partial charge in [0.25, 0.3) is 0 Å². The molecule has 21 heavy (non-hydrogen) atoms. The molecule has 1 aromatic rings. The van der Waals surface area contributed by atoms with Crippen LogP contribution in [0.2, 0.25) is 0 Å². The summed E-state index contributed by atoms with van der Waals surface area (Å²) in [6, 6.07) is 3.22. The molecule has 4 unspecified atom stereocenters. The molecule has 3 fully saturated rings. The fourth-order valence-electron chi connectivity index (χ4n) is 4.75. The molecular formula is C16H17F4N. The molecule has 1 N–H and O–H groups in total. The maximum Gasteiger partial charge on any atom is 0.416 e. The Kier molecular flexibility index (Phi) is 2.87. The third-order valence-corrected chi connectivity index (χ3v) is 5.56. The molecule has 0 amide bonds. The van der Waals surface area contributed by atoms with E-state index in [0.29, 0.717) is 24.2 Å². The normalized spacial score (nSPS) is 36.9. The first-order valence-corrected chi connectivity index (χ1v) is 7.53. The Hall–Kier alpha value is -1.10. The molecular weight excluding hydrogens is 282 g/mol. The molecule has 0 aromatic heterocycles. The second kappa shape index (κ2) is 4.45. The molecule has 114 valence electrons. The Morgan fingerprint density at radius 2 is 1.71 bits per heavy atom. The Bertz CT molecular complexity index is 552. The van der Waals surface area contributed by atoms with Crippen LogP contribution in [0, 0.1) is 29.5 Å². The van der Waals surface area contributed by atoms with Crippen molar-refractivity contribution < 1.29 is 17.6 Å². The van der Waals surface area contributed by atoms with Crippen molar-refractivity contribution >= 4 is 0 Å². The van der Waals surface area contributed by atoms with Crippen LogP contribution in [-0.2, 0) is 12.7 Å². The summed E-state index contributed by atoms with van der Waals surface area (Å²) in [4.78, 5) is 0. The Labute approximate surface area is 120 Å². The van der Waals surface area contributed by atoms with Crippen molar-refractivity contribution in [2.75, 3.05) is 0 Å². The summed E-state index contributed by atoms with van der Waals surface area (Å²) in [6.07, 6.45) is -0.540. The van der Waals surface area contributed by atoms with E-state index < -0.39 is 17.6 Å². The van der Waals surface area contributed by atoms with E-state index >= 15 is 0 Å². The van der Waals surface area contributed by atoms with Gasteiger partial charge in [-0.2, -0.15) is 13.2 Å². The number of benzene rings is 1. The van der Waals surface area contributed by atoms with E-state index in [2.05, 4.69) is 5.32 Å². The lowest BCUT2D eigenvalue weighted by Crippen LogP contribution is -2.22. The molecule has 4 atom stereocenters. The molecule has 4 rings (SSSR count). The van der Waals surface area contributed by atoms with Crippen molar-refractivity contribution in [3.8, 4) is 0 Å². The van der Waals surface area contributed by atoms with Gasteiger partial charge in [0.15, 0.2) is 0 Å². The van der Waals surface area contributed by atoms with Crippen molar-refractivity contribution in [1.82, 2.24) is 5.32 Å². The minimum absolute atomic E-state index is 0.317. The molecule has 1 nitrogen and oxygen atoms in total. The van der Waals surface area contributed by atoms with E-state index in [4.69, 9.17) is 0 Å². The van der Waals surface area contributed by atoms with Gasteiger partial charge in [-0.15, -0.1) is 0 Å². The smallest absolute Gasteiger partial charge is 0.309 e. The van der Waals surface area contributed by atoms with Gasteiger partial charge >= 0.3 is 6.18 Å². The Morgan fingerprint density at radius 1 is 1.05 bits per heavy atom. The van der Waals surface area contributed by atoms with Gasteiger partial charge in [-0.25, -0.2) is 4.39 Å². The summed E-state index contributed by atoms with van der Waals surface area (Å²) in [5.74, 6) is 2.25. The fraction of sp³-hybridized carbons (Fsp3) is 0.625. The molecule has 5 heteroatoms. The quantitative estimate of drug-likeness (QED) is 0.833. The largest absolute Gasteiger partial charge is 0.416 e. The van der Waals surface area contributed by atoms with Crippen LogP contribution in [0.4, 0.5) is 17.6 Å². The van der Waals surface area contributed by atoms with Crippen molar-refractivity contribution in [2.24, 2.45) is 23.7 Å². The first kappa shape index (κ1) is 13.6. The zero-order valence-corrected chi connectivity index (χ0v) is 11.5. The van der Waals surface area contributed by atoms with E-state index in [1.165, 1.54) is 25.3 Å². The van der Waals surface area contributed by atoms with Crippen LogP contribution in [-0.4, -0.2) is 6.04 Å². The van der Waals surface area contributed by atoms with Crippen LogP contribution in [0.3, 0.4) is 0 Å². The minimum atomic E-state index is -4.49. The molecule has 0 spiro atoms. The molecule has 3 aliphatic rings. The summed E-state index contributed by atoms with van der Waals surface area (Å²) in [7, 11) is 0. The lowest BCUT2D eigenvalue weighted by molar-refractivity contribution is -0.137. The number of alkyl halides is 3. The highest BCUT2D eigenvalue weighted by Gasteiger charge is 2.64. The van der Waals surface area contributed by atoms with E-state index in [9.17, 15) is 17.6 Å². The fourth-order valence-corrected chi connectivity index (χ4v) is 4.75. The number of hydrogen-bond acceptors (Lipinski definition) is 1. The van der Waals surface area contributed by atoms with Crippen LogP contribution >= 0.6 is 0 Å². The lowest BCUT2D eigenvalue weighted by Gasteiger charge is -2.12. The summed E-state index contributed by atoms with van der Waals surface area (Å²) >= 11 is 0. The van der Waals surface area contributed by atoms with E-state index in [0.717, 1.165) is 29.7 Å². The van der Waals surface area contributed by atoms with Crippen molar-refractivity contribution in [2.45, 2.75) is 38.0 Å². The molecule has 0 saturated heterocycles. The summed E-state index contributed by atoms with van der Waals surface area (Å²) < 4.78 is 51.3. The highest BCUT2D eigenvalue weighted by atomic mass is 19.4. The van der Waals surface area contributed by atoms with Crippen LogP contribution in [0.25, 0.3) is 0 Å². The van der Waals surface area contributed by atoms with Gasteiger partial charge in [0.05, 0.1) is 5.56 Å². The summed E-state index contributed by atoms with van der Waals surface area (Å²) in [5, 5.41) is 3.35. The molecule has 1 aromatic carbocycles. The van der Waals surface area contributed by atoms with Gasteiger partial charge in [0.2, 0.25) is 0 Å². The third kappa shape index (κ3) is 2.26. The molecule has 0 aliphatic heterocycles. The van der Waals surface area contributed by atoms with E-state index in [1.54, 1.807) is 0 Å². The maximum absolute atomic E-state index is 13.3. The Morgan fingerprint density at radius 3 is 2.33 bits per heavy atom. The minimum Gasteiger partial charge on any atom is -0.309 e. The Balaban J connectivity index is 1.43. The van der Waals surface area contributed by atoms with Crippen molar-refractivity contribution in [1.29, 1.82) is 0 Å². The molecule has 0 radical (unpaired) electrons.